The third-order valence-corrected chi connectivity index (χ3v) is 5.46. The summed E-state index contributed by atoms with van der Waals surface area (Å²) in [6, 6.07) is 5.30. The molecule has 2 heterocycles. The smallest absolute Gasteiger partial charge is 0.341 e. The van der Waals surface area contributed by atoms with Crippen LogP contribution in [0.3, 0.4) is 0 Å². The lowest BCUT2D eigenvalue weighted by molar-refractivity contribution is -0.129. The summed E-state index contributed by atoms with van der Waals surface area (Å²) in [6.45, 7) is 2.09. The molecule has 148 valence electrons. The first-order valence-electron chi connectivity index (χ1n) is 8.55. The number of anilines is 1. The van der Waals surface area contributed by atoms with Crippen molar-refractivity contribution in [1.82, 2.24) is 4.90 Å². The van der Waals surface area contributed by atoms with E-state index in [2.05, 4.69) is 5.32 Å². The number of ether oxygens (including phenoxy) is 2. The number of methoxy groups -OCH3 is 1. The Morgan fingerprint density at radius 2 is 1.96 bits per heavy atom. The van der Waals surface area contributed by atoms with Gasteiger partial charge < -0.3 is 19.7 Å². The van der Waals surface area contributed by atoms with Gasteiger partial charge in [-0.15, -0.1) is 11.3 Å². The van der Waals surface area contributed by atoms with Crippen LogP contribution in [0.25, 0.3) is 0 Å². The molecule has 9 heteroatoms. The van der Waals surface area contributed by atoms with Crippen molar-refractivity contribution in [2.75, 3.05) is 25.6 Å². The predicted octanol–water partition coefficient (Wildman–Crippen LogP) is 2.60. The number of fused-ring (bicyclic) bond motifs is 1. The number of halogens is 1. The first-order chi connectivity index (χ1) is 13.4. The summed E-state index contributed by atoms with van der Waals surface area (Å²) >= 11 is 1.25. The summed E-state index contributed by atoms with van der Waals surface area (Å²) in [5.74, 6) is -1.09. The third kappa shape index (κ3) is 4.30. The highest BCUT2D eigenvalue weighted by Crippen LogP contribution is 2.37. The molecule has 2 aromatic rings. The van der Waals surface area contributed by atoms with Crippen LogP contribution < -0.4 is 10.1 Å². The van der Waals surface area contributed by atoms with E-state index in [4.69, 9.17) is 9.47 Å². The highest BCUT2D eigenvalue weighted by atomic mass is 32.1. The zero-order valence-electron chi connectivity index (χ0n) is 15.4. The number of esters is 1. The number of nitrogens with one attached hydrogen (secondary N) is 1. The Labute approximate surface area is 165 Å². The Bertz CT molecular complexity index is 910. The van der Waals surface area contributed by atoms with Crippen LogP contribution in [0, 0.1) is 5.82 Å². The highest BCUT2D eigenvalue weighted by Gasteiger charge is 2.30. The Morgan fingerprint density at radius 1 is 1.25 bits per heavy atom. The van der Waals surface area contributed by atoms with Gasteiger partial charge in [-0.3, -0.25) is 9.59 Å². The first kappa shape index (κ1) is 19.8. The zero-order valence-corrected chi connectivity index (χ0v) is 16.2. The number of nitrogens with zero attached hydrogens (tertiary/aromatic N) is 1. The fourth-order valence-corrected chi connectivity index (χ4v) is 4.19. The molecule has 1 aliphatic rings. The molecule has 28 heavy (non-hydrogen) atoms. The fraction of sp³-hybridized carbons (Fsp3) is 0.316. The van der Waals surface area contributed by atoms with Gasteiger partial charge in [0.1, 0.15) is 16.6 Å². The molecule has 0 unspecified atom stereocenters. The highest BCUT2D eigenvalue weighted by molar-refractivity contribution is 7.17. The average Bonchev–Trinajstić information content (AvgIpc) is 3.03. The second kappa shape index (κ2) is 8.39. The molecule has 0 saturated heterocycles. The van der Waals surface area contributed by atoms with Gasteiger partial charge >= 0.3 is 5.97 Å². The van der Waals surface area contributed by atoms with Gasteiger partial charge in [0.25, 0.3) is 5.91 Å². The van der Waals surface area contributed by atoms with Crippen molar-refractivity contribution in [3.05, 3.63) is 46.1 Å². The maximum absolute atomic E-state index is 12.9. The number of benzene rings is 1. The summed E-state index contributed by atoms with van der Waals surface area (Å²) in [4.78, 5) is 38.7. The van der Waals surface area contributed by atoms with Crippen LogP contribution in [0.1, 0.15) is 27.7 Å². The van der Waals surface area contributed by atoms with Crippen molar-refractivity contribution >= 4 is 34.1 Å². The van der Waals surface area contributed by atoms with Gasteiger partial charge in [-0.2, -0.15) is 0 Å². The Kier molecular flexibility index (Phi) is 5.93. The monoisotopic (exact) mass is 406 g/mol. The van der Waals surface area contributed by atoms with Crippen molar-refractivity contribution in [2.24, 2.45) is 0 Å². The number of hydrogen-bond acceptors (Lipinski definition) is 6. The van der Waals surface area contributed by atoms with E-state index in [1.807, 2.05) is 0 Å². The second-order valence-corrected chi connectivity index (χ2v) is 7.29. The van der Waals surface area contributed by atoms with Gasteiger partial charge in [0.2, 0.25) is 5.91 Å². The van der Waals surface area contributed by atoms with Crippen LogP contribution >= 0.6 is 11.3 Å². The van der Waals surface area contributed by atoms with E-state index >= 15 is 0 Å². The van der Waals surface area contributed by atoms with E-state index < -0.39 is 17.7 Å². The first-order valence-corrected chi connectivity index (χ1v) is 9.37. The largest absolute Gasteiger partial charge is 0.484 e. The Morgan fingerprint density at radius 3 is 2.61 bits per heavy atom. The average molecular weight is 406 g/mol. The molecule has 0 spiro atoms. The van der Waals surface area contributed by atoms with Gasteiger partial charge in [-0.05, 0) is 36.2 Å². The predicted molar refractivity (Wildman–Crippen MR) is 101 cm³/mol. The van der Waals surface area contributed by atoms with Gasteiger partial charge in [-0.25, -0.2) is 9.18 Å². The van der Waals surface area contributed by atoms with E-state index in [1.54, 1.807) is 4.90 Å². The molecule has 1 aliphatic heterocycles. The molecule has 3 rings (SSSR count). The minimum absolute atomic E-state index is 0.0445. The molecule has 0 aliphatic carbocycles. The van der Waals surface area contributed by atoms with Crippen molar-refractivity contribution in [3.63, 3.8) is 0 Å². The molecule has 0 bridgehead atoms. The summed E-state index contributed by atoms with van der Waals surface area (Å²) in [5.41, 5.74) is 1.12. The molecular weight excluding hydrogens is 387 g/mol. The molecule has 0 saturated carbocycles. The van der Waals surface area contributed by atoms with Crippen LogP contribution in [0.2, 0.25) is 0 Å². The molecule has 0 radical (unpaired) electrons. The SMILES string of the molecule is COC(=O)c1c(NC(=O)COc2ccc(F)cc2)sc2c1CCN(C(C)=O)C2. The van der Waals surface area contributed by atoms with Crippen molar-refractivity contribution in [2.45, 2.75) is 19.9 Å². The van der Waals surface area contributed by atoms with E-state index in [0.717, 1.165) is 10.4 Å². The zero-order chi connectivity index (χ0) is 20.3. The Hall–Kier alpha value is -2.94. The number of amides is 2. The number of hydrogen-bond donors (Lipinski definition) is 1. The number of carbonyl (C=O) groups excluding carboxylic acids is 3. The van der Waals surface area contributed by atoms with Crippen molar-refractivity contribution < 1.29 is 28.2 Å². The lowest BCUT2D eigenvalue weighted by Gasteiger charge is -2.25. The summed E-state index contributed by atoms with van der Waals surface area (Å²) < 4.78 is 23.1. The maximum Gasteiger partial charge on any atom is 0.341 e. The summed E-state index contributed by atoms with van der Waals surface area (Å²) in [5, 5.41) is 3.06. The maximum atomic E-state index is 12.9. The molecule has 7 nitrogen and oxygen atoms in total. The normalized spacial score (nSPS) is 12.9. The quantitative estimate of drug-likeness (QED) is 0.772. The van der Waals surface area contributed by atoms with Crippen LogP contribution in [-0.4, -0.2) is 42.9 Å². The number of thiophene rings is 1. The molecule has 1 aromatic heterocycles. The fourth-order valence-electron chi connectivity index (χ4n) is 2.92. The third-order valence-electron chi connectivity index (χ3n) is 4.33. The number of carbonyl (C=O) groups is 3. The van der Waals surface area contributed by atoms with Crippen molar-refractivity contribution in [3.8, 4) is 5.75 Å². The van der Waals surface area contributed by atoms with Crippen molar-refractivity contribution in [1.29, 1.82) is 0 Å². The van der Waals surface area contributed by atoms with Crippen LogP contribution in [0.4, 0.5) is 9.39 Å². The topological polar surface area (TPSA) is 84.9 Å². The molecular formula is C19H19FN2O5S. The molecule has 0 fully saturated rings. The van der Waals surface area contributed by atoms with E-state index in [1.165, 1.54) is 49.6 Å². The molecule has 0 atom stereocenters. The minimum atomic E-state index is -0.538. The van der Waals surface area contributed by atoms with E-state index in [-0.39, 0.29) is 12.5 Å². The second-order valence-electron chi connectivity index (χ2n) is 6.18. The van der Waals surface area contributed by atoms with Crippen LogP contribution in [0.5, 0.6) is 5.75 Å². The van der Waals surface area contributed by atoms with Gasteiger partial charge in [0, 0.05) is 18.3 Å². The lowest BCUT2D eigenvalue weighted by atomic mass is 10.0. The van der Waals surface area contributed by atoms with E-state index in [9.17, 15) is 18.8 Å². The molecule has 1 aromatic carbocycles. The van der Waals surface area contributed by atoms with Gasteiger partial charge in [0.15, 0.2) is 6.61 Å². The van der Waals surface area contributed by atoms with Gasteiger partial charge in [0.05, 0.1) is 19.2 Å². The van der Waals surface area contributed by atoms with Crippen LogP contribution in [-0.2, 0) is 27.3 Å². The minimum Gasteiger partial charge on any atom is -0.484 e. The summed E-state index contributed by atoms with van der Waals surface area (Å²) in [7, 11) is 1.28. The molecule has 2 amide bonds. The lowest BCUT2D eigenvalue weighted by Crippen LogP contribution is -2.33. The van der Waals surface area contributed by atoms with Crippen LogP contribution in [0.15, 0.2) is 24.3 Å². The van der Waals surface area contributed by atoms with E-state index in [0.29, 0.717) is 35.8 Å². The number of rotatable bonds is 5. The molecule has 1 N–H and O–H groups in total. The van der Waals surface area contributed by atoms with Gasteiger partial charge in [-0.1, -0.05) is 0 Å². The summed E-state index contributed by atoms with van der Waals surface area (Å²) in [6.07, 6.45) is 0.512. The Balaban J connectivity index is 1.75. The standard InChI is InChI=1S/C19H19FN2O5S/c1-11(23)22-8-7-14-15(9-22)28-18(17(14)19(25)26-2)21-16(24)10-27-13-5-3-12(20)4-6-13/h3-6H,7-10H2,1-2H3,(H,21,24).